The van der Waals surface area contributed by atoms with Gasteiger partial charge in [0.1, 0.15) is 5.82 Å². The van der Waals surface area contributed by atoms with E-state index in [9.17, 15) is 0 Å². The van der Waals surface area contributed by atoms with Crippen molar-refractivity contribution in [2.24, 2.45) is 5.41 Å². The number of hydrogen-bond acceptors (Lipinski definition) is 2. The predicted octanol–water partition coefficient (Wildman–Crippen LogP) is 3.60. The lowest BCUT2D eigenvalue weighted by molar-refractivity contribution is 0.268. The van der Waals surface area contributed by atoms with Crippen LogP contribution in [0.2, 0.25) is 0 Å². The molecule has 102 valence electrons. The maximum atomic E-state index is 4.27. The minimum atomic E-state index is 0.151. The first-order chi connectivity index (χ1) is 8.98. The van der Waals surface area contributed by atoms with E-state index in [1.165, 1.54) is 11.1 Å². The van der Waals surface area contributed by atoms with E-state index in [1.807, 2.05) is 6.20 Å². The minimum absolute atomic E-state index is 0.151. The van der Waals surface area contributed by atoms with Crippen LogP contribution < -0.4 is 5.32 Å². The summed E-state index contributed by atoms with van der Waals surface area (Å²) >= 11 is 0. The number of hydrogen-bond donors (Lipinski definition) is 2. The van der Waals surface area contributed by atoms with E-state index in [0.29, 0.717) is 6.04 Å². The maximum Gasteiger partial charge on any atom is 0.120 e. The molecule has 3 heteroatoms. The van der Waals surface area contributed by atoms with Crippen molar-refractivity contribution < 1.29 is 0 Å². The Morgan fingerprint density at radius 3 is 2.58 bits per heavy atom. The molecule has 0 aliphatic heterocycles. The van der Waals surface area contributed by atoms with Crippen molar-refractivity contribution in [1.82, 2.24) is 15.3 Å². The predicted molar refractivity (Wildman–Crippen MR) is 78.8 cm³/mol. The summed E-state index contributed by atoms with van der Waals surface area (Å²) in [5.41, 5.74) is 2.84. The second-order valence-electron chi connectivity index (χ2n) is 6.07. The Balaban J connectivity index is 2.20. The molecule has 2 aromatic rings. The van der Waals surface area contributed by atoms with Gasteiger partial charge in [-0.05, 0) is 23.5 Å². The third-order valence-electron chi connectivity index (χ3n) is 3.39. The molecule has 0 saturated heterocycles. The van der Waals surface area contributed by atoms with Crippen molar-refractivity contribution in [3.8, 4) is 0 Å². The molecule has 1 aromatic carbocycles. The van der Waals surface area contributed by atoms with Gasteiger partial charge in [-0.15, -0.1) is 0 Å². The van der Waals surface area contributed by atoms with E-state index < -0.39 is 0 Å². The first-order valence-electron chi connectivity index (χ1n) is 6.75. The van der Waals surface area contributed by atoms with Crippen LogP contribution in [0.3, 0.4) is 0 Å². The number of nitrogens with one attached hydrogen (secondary N) is 2. The first-order valence-corrected chi connectivity index (χ1v) is 6.75. The molecule has 0 spiro atoms. The third kappa shape index (κ3) is 3.44. The molecule has 19 heavy (non-hydrogen) atoms. The van der Waals surface area contributed by atoms with E-state index in [0.717, 1.165) is 12.4 Å². The van der Waals surface area contributed by atoms with Crippen LogP contribution in [-0.4, -0.2) is 9.97 Å². The van der Waals surface area contributed by atoms with Gasteiger partial charge in [0.25, 0.3) is 0 Å². The summed E-state index contributed by atoms with van der Waals surface area (Å²) < 4.78 is 0. The Morgan fingerprint density at radius 1 is 1.26 bits per heavy atom. The first kappa shape index (κ1) is 13.8. The van der Waals surface area contributed by atoms with Crippen LogP contribution >= 0.6 is 0 Å². The van der Waals surface area contributed by atoms with Crippen molar-refractivity contribution in [3.63, 3.8) is 0 Å². The summed E-state index contributed by atoms with van der Waals surface area (Å²) in [6.45, 7) is 9.71. The van der Waals surface area contributed by atoms with E-state index in [-0.39, 0.29) is 5.41 Å². The number of aromatic nitrogens is 2. The number of imidazole rings is 1. The molecule has 0 amide bonds. The molecule has 2 rings (SSSR count). The fourth-order valence-corrected chi connectivity index (χ4v) is 2.39. The molecule has 1 heterocycles. The smallest absolute Gasteiger partial charge is 0.120 e. The molecule has 0 aliphatic carbocycles. The van der Waals surface area contributed by atoms with E-state index >= 15 is 0 Å². The van der Waals surface area contributed by atoms with Crippen LogP contribution in [0.1, 0.15) is 43.8 Å². The topological polar surface area (TPSA) is 40.7 Å². The van der Waals surface area contributed by atoms with Gasteiger partial charge < -0.3 is 10.3 Å². The van der Waals surface area contributed by atoms with Crippen molar-refractivity contribution in [2.45, 2.75) is 40.3 Å². The monoisotopic (exact) mass is 257 g/mol. The van der Waals surface area contributed by atoms with E-state index in [1.54, 1.807) is 6.20 Å². The van der Waals surface area contributed by atoms with Gasteiger partial charge in [0.2, 0.25) is 0 Å². The zero-order valence-corrected chi connectivity index (χ0v) is 12.2. The Hall–Kier alpha value is -1.61. The number of rotatable bonds is 4. The SMILES string of the molecule is Cc1ccccc1[C@@H](NCc1ncc[nH]1)C(C)(C)C. The van der Waals surface area contributed by atoms with Crippen LogP contribution in [0.25, 0.3) is 0 Å². The lowest BCUT2D eigenvalue weighted by Crippen LogP contribution is -2.32. The third-order valence-corrected chi connectivity index (χ3v) is 3.39. The summed E-state index contributed by atoms with van der Waals surface area (Å²) in [5.74, 6) is 0.975. The van der Waals surface area contributed by atoms with Crippen molar-refractivity contribution in [1.29, 1.82) is 0 Å². The zero-order chi connectivity index (χ0) is 13.9. The van der Waals surface area contributed by atoms with Gasteiger partial charge in [0.15, 0.2) is 0 Å². The summed E-state index contributed by atoms with van der Waals surface area (Å²) in [4.78, 5) is 7.40. The van der Waals surface area contributed by atoms with E-state index in [4.69, 9.17) is 0 Å². The Kier molecular flexibility index (Phi) is 4.05. The van der Waals surface area contributed by atoms with Crippen molar-refractivity contribution in [3.05, 3.63) is 53.6 Å². The molecule has 0 saturated carbocycles. The molecule has 0 unspecified atom stereocenters. The lowest BCUT2D eigenvalue weighted by Gasteiger charge is -2.33. The molecule has 0 aliphatic rings. The molecular weight excluding hydrogens is 234 g/mol. The Morgan fingerprint density at radius 2 is 2.00 bits per heavy atom. The van der Waals surface area contributed by atoms with Gasteiger partial charge in [0.05, 0.1) is 6.54 Å². The van der Waals surface area contributed by atoms with Crippen molar-refractivity contribution in [2.75, 3.05) is 0 Å². The number of benzene rings is 1. The highest BCUT2D eigenvalue weighted by molar-refractivity contribution is 5.30. The highest BCUT2D eigenvalue weighted by Gasteiger charge is 2.26. The van der Waals surface area contributed by atoms with Crippen LogP contribution in [0, 0.1) is 12.3 Å². The fourth-order valence-electron chi connectivity index (χ4n) is 2.39. The molecule has 0 bridgehead atoms. The van der Waals surface area contributed by atoms with Gasteiger partial charge in [-0.1, -0.05) is 45.0 Å². The van der Waals surface area contributed by atoms with Crippen LogP contribution in [0.4, 0.5) is 0 Å². The lowest BCUT2D eigenvalue weighted by atomic mass is 9.81. The number of aryl methyl sites for hydroxylation is 1. The van der Waals surface area contributed by atoms with Crippen LogP contribution in [0.5, 0.6) is 0 Å². The number of aromatic amines is 1. The molecule has 1 atom stereocenters. The highest BCUT2D eigenvalue weighted by atomic mass is 15.0. The van der Waals surface area contributed by atoms with Gasteiger partial charge in [0, 0.05) is 18.4 Å². The second kappa shape index (κ2) is 5.57. The second-order valence-corrected chi connectivity index (χ2v) is 6.07. The average Bonchev–Trinajstić information content (AvgIpc) is 2.83. The number of H-pyrrole nitrogens is 1. The summed E-state index contributed by atoms with van der Waals surface area (Å²) in [7, 11) is 0. The summed E-state index contributed by atoms with van der Waals surface area (Å²) in [6.07, 6.45) is 3.65. The van der Waals surface area contributed by atoms with Crippen LogP contribution in [0.15, 0.2) is 36.7 Å². The fraction of sp³-hybridized carbons (Fsp3) is 0.438. The number of nitrogens with zero attached hydrogens (tertiary/aromatic N) is 1. The standard InChI is InChI=1S/C16H23N3/c1-12-7-5-6-8-13(12)15(16(2,3)4)19-11-14-17-9-10-18-14/h5-10,15,19H,11H2,1-4H3,(H,17,18)/t15-/m1/s1. The summed E-state index contributed by atoms with van der Waals surface area (Å²) in [5, 5.41) is 3.63. The zero-order valence-electron chi connectivity index (χ0n) is 12.2. The van der Waals surface area contributed by atoms with Gasteiger partial charge in [-0.25, -0.2) is 4.98 Å². The maximum absolute atomic E-state index is 4.27. The van der Waals surface area contributed by atoms with Crippen molar-refractivity contribution >= 4 is 0 Å². The van der Waals surface area contributed by atoms with Gasteiger partial charge >= 0.3 is 0 Å². The Bertz CT molecular complexity index is 509. The molecule has 0 fully saturated rings. The quantitative estimate of drug-likeness (QED) is 0.878. The summed E-state index contributed by atoms with van der Waals surface area (Å²) in [6, 6.07) is 8.88. The molecule has 3 nitrogen and oxygen atoms in total. The molecular formula is C16H23N3. The normalized spacial score (nSPS) is 13.5. The molecule has 1 aromatic heterocycles. The largest absolute Gasteiger partial charge is 0.348 e. The molecule has 0 radical (unpaired) electrons. The van der Waals surface area contributed by atoms with E-state index in [2.05, 4.69) is 67.2 Å². The minimum Gasteiger partial charge on any atom is -0.348 e. The average molecular weight is 257 g/mol. The highest BCUT2D eigenvalue weighted by Crippen LogP contribution is 2.34. The molecule has 2 N–H and O–H groups in total. The Labute approximate surface area is 115 Å². The van der Waals surface area contributed by atoms with Gasteiger partial charge in [-0.3, -0.25) is 0 Å². The van der Waals surface area contributed by atoms with Crippen LogP contribution in [-0.2, 0) is 6.54 Å². The van der Waals surface area contributed by atoms with Gasteiger partial charge in [-0.2, -0.15) is 0 Å².